The molecule has 3 atom stereocenters. The molecule has 0 fully saturated rings. The first-order valence-electron chi connectivity index (χ1n) is 9.53. The minimum Gasteiger partial charge on any atom is -0.458 e. The SMILES string of the molecule is C=CC(C)(O)CCC=C(C)CC(C=C(C)CCC(O)C(C)(C)O)OC(C)=O. The highest BCUT2D eigenvalue weighted by Crippen LogP contribution is 2.20. The summed E-state index contributed by atoms with van der Waals surface area (Å²) in [5, 5.41) is 29.7. The van der Waals surface area contributed by atoms with E-state index in [4.69, 9.17) is 4.74 Å². The van der Waals surface area contributed by atoms with Crippen LogP contribution >= 0.6 is 0 Å². The van der Waals surface area contributed by atoms with Gasteiger partial charge in [0.05, 0.1) is 17.3 Å². The summed E-state index contributed by atoms with van der Waals surface area (Å²) in [5.74, 6) is -0.344. The number of hydrogen-bond donors (Lipinski definition) is 3. The van der Waals surface area contributed by atoms with Crippen LogP contribution in [-0.2, 0) is 9.53 Å². The number of rotatable bonds is 12. The molecule has 0 saturated carbocycles. The number of hydrogen-bond acceptors (Lipinski definition) is 5. The van der Waals surface area contributed by atoms with E-state index in [1.165, 1.54) is 13.0 Å². The van der Waals surface area contributed by atoms with Crippen molar-refractivity contribution in [2.45, 2.75) is 97.1 Å². The van der Waals surface area contributed by atoms with Crippen LogP contribution in [0.1, 0.15) is 73.6 Å². The van der Waals surface area contributed by atoms with Gasteiger partial charge in [-0.25, -0.2) is 0 Å². The van der Waals surface area contributed by atoms with Crippen molar-refractivity contribution in [1.29, 1.82) is 0 Å². The van der Waals surface area contributed by atoms with E-state index in [-0.39, 0.29) is 12.1 Å². The molecule has 0 amide bonds. The van der Waals surface area contributed by atoms with Gasteiger partial charge in [0, 0.05) is 13.3 Å². The quantitative estimate of drug-likeness (QED) is 0.353. The Bertz CT molecular complexity index is 537. The number of carbonyl (C=O) groups excluding carboxylic acids is 1. The summed E-state index contributed by atoms with van der Waals surface area (Å²) in [6.07, 6.45) is 7.18. The zero-order valence-electron chi connectivity index (χ0n) is 17.8. The fourth-order valence-corrected chi connectivity index (χ4v) is 2.58. The zero-order valence-corrected chi connectivity index (χ0v) is 17.8. The molecular weight excluding hydrogens is 344 g/mol. The third-order valence-corrected chi connectivity index (χ3v) is 4.52. The first-order valence-corrected chi connectivity index (χ1v) is 9.53. The monoisotopic (exact) mass is 382 g/mol. The molecule has 5 nitrogen and oxygen atoms in total. The lowest BCUT2D eigenvalue weighted by Gasteiger charge is -2.24. The Hall–Kier alpha value is -1.43. The van der Waals surface area contributed by atoms with Gasteiger partial charge in [-0.2, -0.15) is 0 Å². The summed E-state index contributed by atoms with van der Waals surface area (Å²) in [6.45, 7) is 13.8. The van der Waals surface area contributed by atoms with Gasteiger partial charge >= 0.3 is 5.97 Å². The molecule has 0 radical (unpaired) electrons. The van der Waals surface area contributed by atoms with E-state index in [9.17, 15) is 20.1 Å². The van der Waals surface area contributed by atoms with Gasteiger partial charge in [-0.15, -0.1) is 6.58 Å². The van der Waals surface area contributed by atoms with Crippen molar-refractivity contribution < 1.29 is 24.9 Å². The summed E-state index contributed by atoms with van der Waals surface area (Å²) in [4.78, 5) is 11.4. The average molecular weight is 383 g/mol. The van der Waals surface area contributed by atoms with Crippen molar-refractivity contribution >= 4 is 5.97 Å². The number of ether oxygens (including phenoxy) is 1. The van der Waals surface area contributed by atoms with E-state index in [0.29, 0.717) is 32.1 Å². The van der Waals surface area contributed by atoms with Crippen molar-refractivity contribution in [3.63, 3.8) is 0 Å². The lowest BCUT2D eigenvalue weighted by atomic mass is 9.95. The summed E-state index contributed by atoms with van der Waals surface area (Å²) < 4.78 is 5.40. The molecule has 0 heterocycles. The van der Waals surface area contributed by atoms with Gasteiger partial charge in [0.1, 0.15) is 6.10 Å². The fraction of sp³-hybridized carbons (Fsp3) is 0.682. The molecule has 3 N–H and O–H groups in total. The van der Waals surface area contributed by atoms with Gasteiger partial charge in [-0.1, -0.05) is 23.3 Å². The van der Waals surface area contributed by atoms with Gasteiger partial charge < -0.3 is 20.1 Å². The highest BCUT2D eigenvalue weighted by Gasteiger charge is 2.24. The molecule has 0 rings (SSSR count). The van der Waals surface area contributed by atoms with Crippen molar-refractivity contribution in [1.82, 2.24) is 0 Å². The summed E-state index contributed by atoms with van der Waals surface area (Å²) in [7, 11) is 0. The van der Waals surface area contributed by atoms with Crippen LogP contribution in [0.5, 0.6) is 0 Å². The van der Waals surface area contributed by atoms with Crippen LogP contribution in [0.15, 0.2) is 36.0 Å². The maximum absolute atomic E-state index is 11.4. The van der Waals surface area contributed by atoms with Crippen LogP contribution < -0.4 is 0 Å². The molecule has 156 valence electrons. The summed E-state index contributed by atoms with van der Waals surface area (Å²) in [6, 6.07) is 0. The molecule has 0 aromatic heterocycles. The van der Waals surface area contributed by atoms with Crippen LogP contribution in [0, 0.1) is 0 Å². The molecule has 0 aliphatic heterocycles. The minimum atomic E-state index is -1.14. The minimum absolute atomic E-state index is 0.344. The number of carbonyl (C=O) groups is 1. The Balaban J connectivity index is 4.86. The normalized spacial score (nSPS) is 17.8. The molecule has 0 spiro atoms. The average Bonchev–Trinajstić information content (AvgIpc) is 2.50. The largest absolute Gasteiger partial charge is 0.458 e. The lowest BCUT2D eigenvalue weighted by Crippen LogP contribution is -2.35. The first kappa shape index (κ1) is 25.6. The van der Waals surface area contributed by atoms with Crippen LogP contribution in [0.25, 0.3) is 0 Å². The second kappa shape index (κ2) is 11.4. The molecule has 0 aliphatic rings. The molecule has 0 aliphatic carbocycles. The maximum atomic E-state index is 11.4. The van der Waals surface area contributed by atoms with Gasteiger partial charge in [-0.3, -0.25) is 4.79 Å². The Kier molecular flexibility index (Phi) is 10.8. The number of esters is 1. The standard InChI is InChI=1S/C22H38O5/c1-8-22(7,26)13-9-10-16(2)14-19(27-18(4)23)15-17(3)11-12-20(24)21(5,6)25/h8,10,15,19-20,24-26H,1,9,11-14H2,2-7H3. The van der Waals surface area contributed by atoms with Crippen molar-refractivity contribution in [2.24, 2.45) is 0 Å². The van der Waals surface area contributed by atoms with E-state index < -0.39 is 17.3 Å². The molecule has 3 unspecified atom stereocenters. The Labute approximate surface area is 164 Å². The van der Waals surface area contributed by atoms with Gasteiger partial charge in [-0.05, 0) is 66.4 Å². The predicted octanol–water partition coefficient (Wildman–Crippen LogP) is 3.83. The highest BCUT2D eigenvalue weighted by molar-refractivity contribution is 5.66. The molecular formula is C22H38O5. The first-order chi connectivity index (χ1) is 12.3. The van der Waals surface area contributed by atoms with E-state index in [2.05, 4.69) is 6.58 Å². The molecule has 5 heteroatoms. The van der Waals surface area contributed by atoms with E-state index in [1.807, 2.05) is 26.0 Å². The molecule has 0 saturated heterocycles. The second-order valence-electron chi connectivity index (χ2n) is 8.22. The molecule has 0 aromatic carbocycles. The van der Waals surface area contributed by atoms with Crippen LogP contribution in [-0.4, -0.2) is 44.7 Å². The van der Waals surface area contributed by atoms with Crippen LogP contribution in [0.2, 0.25) is 0 Å². The van der Waals surface area contributed by atoms with Crippen molar-refractivity contribution in [3.8, 4) is 0 Å². The molecule has 0 aromatic rings. The number of allylic oxidation sites excluding steroid dienone is 2. The van der Waals surface area contributed by atoms with Crippen molar-refractivity contribution in [3.05, 3.63) is 36.0 Å². The Morgan fingerprint density at radius 1 is 1.15 bits per heavy atom. The zero-order chi connectivity index (χ0) is 21.3. The van der Waals surface area contributed by atoms with Crippen molar-refractivity contribution in [2.75, 3.05) is 0 Å². The summed E-state index contributed by atoms with van der Waals surface area (Å²) in [5.41, 5.74) is 0.0411. The lowest BCUT2D eigenvalue weighted by molar-refractivity contribution is -0.144. The topological polar surface area (TPSA) is 87.0 Å². The number of aliphatic hydroxyl groups excluding tert-OH is 1. The maximum Gasteiger partial charge on any atom is 0.303 e. The van der Waals surface area contributed by atoms with E-state index in [1.54, 1.807) is 20.8 Å². The van der Waals surface area contributed by atoms with Crippen LogP contribution in [0.3, 0.4) is 0 Å². The van der Waals surface area contributed by atoms with Gasteiger partial charge in [0.15, 0.2) is 0 Å². The highest BCUT2D eigenvalue weighted by atomic mass is 16.5. The molecule has 0 bridgehead atoms. The predicted molar refractivity (Wildman–Crippen MR) is 109 cm³/mol. The van der Waals surface area contributed by atoms with E-state index >= 15 is 0 Å². The fourth-order valence-electron chi connectivity index (χ4n) is 2.58. The smallest absolute Gasteiger partial charge is 0.303 e. The van der Waals surface area contributed by atoms with Gasteiger partial charge in [0.2, 0.25) is 0 Å². The van der Waals surface area contributed by atoms with E-state index in [0.717, 1.165) is 11.1 Å². The number of aliphatic hydroxyl groups is 3. The summed E-state index contributed by atoms with van der Waals surface area (Å²) >= 11 is 0. The Morgan fingerprint density at radius 2 is 1.74 bits per heavy atom. The Morgan fingerprint density at radius 3 is 2.22 bits per heavy atom. The third-order valence-electron chi connectivity index (χ3n) is 4.52. The van der Waals surface area contributed by atoms with Gasteiger partial charge in [0.25, 0.3) is 0 Å². The molecule has 27 heavy (non-hydrogen) atoms. The third kappa shape index (κ3) is 12.6. The second-order valence-corrected chi connectivity index (χ2v) is 8.22. The van der Waals surface area contributed by atoms with Crippen LogP contribution in [0.4, 0.5) is 0 Å².